The van der Waals surface area contributed by atoms with E-state index in [1.54, 1.807) is 25.6 Å². The number of esters is 1. The second-order valence-electron chi connectivity index (χ2n) is 3.20. The predicted octanol–water partition coefficient (Wildman–Crippen LogP) is 2.15. The molecule has 1 heterocycles. The van der Waals surface area contributed by atoms with Gasteiger partial charge in [0, 0.05) is 0 Å². The summed E-state index contributed by atoms with van der Waals surface area (Å²) in [6, 6.07) is 0. The monoisotopic (exact) mass is 306 g/mol. The Morgan fingerprint density at radius 1 is 1.44 bits per heavy atom. The molecule has 1 rings (SSSR count). The van der Waals surface area contributed by atoms with E-state index in [1.165, 1.54) is 0 Å². The molecule has 88 valence electrons. The first-order chi connectivity index (χ1) is 7.52. The molecule has 0 aromatic carbocycles. The minimum atomic E-state index is -0.275. The first-order valence-corrected chi connectivity index (χ1v) is 7.82. The molecule has 0 saturated carbocycles. The van der Waals surface area contributed by atoms with Gasteiger partial charge in [-0.25, -0.2) is 0 Å². The van der Waals surface area contributed by atoms with Crippen molar-refractivity contribution in [2.45, 2.75) is 24.5 Å². The van der Waals surface area contributed by atoms with Crippen molar-refractivity contribution in [1.82, 2.24) is 0 Å². The average molecular weight is 305 g/mol. The Hall–Kier alpha value is -0.511. The molecule has 5 heteroatoms. The number of rotatable bonds is 4. The van der Waals surface area contributed by atoms with E-state index >= 15 is 0 Å². The van der Waals surface area contributed by atoms with Crippen LogP contribution in [0.4, 0.5) is 0 Å². The SMILES string of the molecule is CCOC(=O)c1[se]c(SC)c(C(C)=O)c1C. The van der Waals surface area contributed by atoms with Gasteiger partial charge in [-0.15, -0.1) is 0 Å². The number of ketones is 1. The van der Waals surface area contributed by atoms with Crippen LogP contribution in [0.25, 0.3) is 0 Å². The zero-order valence-corrected chi connectivity index (χ0v) is 12.3. The Labute approximate surface area is 105 Å². The van der Waals surface area contributed by atoms with Crippen LogP contribution in [0.15, 0.2) is 3.77 Å². The van der Waals surface area contributed by atoms with E-state index in [0.29, 0.717) is 11.0 Å². The summed E-state index contributed by atoms with van der Waals surface area (Å²) in [5.74, 6) is -0.245. The number of carbonyl (C=O) groups is 2. The van der Waals surface area contributed by atoms with Gasteiger partial charge < -0.3 is 0 Å². The summed E-state index contributed by atoms with van der Waals surface area (Å²) in [5, 5.41) is 0. The molecule has 0 spiro atoms. The van der Waals surface area contributed by atoms with Crippen molar-refractivity contribution in [3.63, 3.8) is 0 Å². The molecule has 1 aromatic rings. The van der Waals surface area contributed by atoms with Crippen LogP contribution in [0.2, 0.25) is 0 Å². The van der Waals surface area contributed by atoms with Crippen molar-refractivity contribution in [1.29, 1.82) is 0 Å². The molecule has 0 radical (unpaired) electrons. The normalized spacial score (nSPS) is 10.2. The van der Waals surface area contributed by atoms with Crippen LogP contribution in [0, 0.1) is 6.92 Å². The fourth-order valence-corrected chi connectivity index (χ4v) is 5.03. The van der Waals surface area contributed by atoms with Crippen molar-refractivity contribution < 1.29 is 14.3 Å². The van der Waals surface area contributed by atoms with E-state index in [0.717, 1.165) is 14.9 Å². The minimum absolute atomic E-state index is 0.0306. The zero-order chi connectivity index (χ0) is 12.3. The van der Waals surface area contributed by atoms with Gasteiger partial charge in [0.05, 0.1) is 0 Å². The summed E-state index contributed by atoms with van der Waals surface area (Å²) in [6.07, 6.45) is 1.93. The van der Waals surface area contributed by atoms with Crippen LogP contribution in [0.3, 0.4) is 0 Å². The van der Waals surface area contributed by atoms with Crippen molar-refractivity contribution in [3.8, 4) is 0 Å². The second kappa shape index (κ2) is 5.71. The number of ether oxygens (including phenoxy) is 1. The third kappa shape index (κ3) is 2.59. The van der Waals surface area contributed by atoms with Gasteiger partial charge in [-0.3, -0.25) is 0 Å². The van der Waals surface area contributed by atoms with Gasteiger partial charge in [0.1, 0.15) is 0 Å². The average Bonchev–Trinajstić information content (AvgIpc) is 2.55. The Bertz CT molecular complexity index is 423. The first-order valence-electron chi connectivity index (χ1n) is 4.88. The summed E-state index contributed by atoms with van der Waals surface area (Å²) in [6.45, 7) is 5.52. The molecule has 3 nitrogen and oxygen atoms in total. The molecule has 0 unspecified atom stereocenters. The molecule has 0 N–H and O–H groups in total. The van der Waals surface area contributed by atoms with E-state index in [9.17, 15) is 9.59 Å². The van der Waals surface area contributed by atoms with Gasteiger partial charge in [-0.05, 0) is 0 Å². The van der Waals surface area contributed by atoms with Crippen LogP contribution in [-0.2, 0) is 4.74 Å². The second-order valence-corrected chi connectivity index (χ2v) is 6.74. The molecule has 0 saturated heterocycles. The van der Waals surface area contributed by atoms with Crippen LogP contribution >= 0.6 is 11.8 Å². The van der Waals surface area contributed by atoms with Crippen molar-refractivity contribution >= 4 is 38.0 Å². The van der Waals surface area contributed by atoms with Crippen LogP contribution in [-0.4, -0.2) is 39.1 Å². The molecule has 0 fully saturated rings. The van der Waals surface area contributed by atoms with E-state index < -0.39 is 0 Å². The molecule has 0 atom stereocenters. The summed E-state index contributed by atoms with van der Waals surface area (Å²) >= 11 is 1.48. The van der Waals surface area contributed by atoms with Gasteiger partial charge in [0.2, 0.25) is 0 Å². The summed E-state index contributed by atoms with van der Waals surface area (Å²) in [4.78, 5) is 23.2. The Morgan fingerprint density at radius 2 is 2.06 bits per heavy atom. The predicted molar refractivity (Wildman–Crippen MR) is 65.9 cm³/mol. The van der Waals surface area contributed by atoms with E-state index in [-0.39, 0.29) is 26.3 Å². The van der Waals surface area contributed by atoms with Crippen LogP contribution < -0.4 is 0 Å². The summed E-state index contributed by atoms with van der Waals surface area (Å²) < 4.78 is 6.70. The molecule has 16 heavy (non-hydrogen) atoms. The fourth-order valence-electron chi connectivity index (χ4n) is 1.43. The van der Waals surface area contributed by atoms with Gasteiger partial charge in [-0.1, -0.05) is 0 Å². The Kier molecular flexibility index (Phi) is 4.84. The zero-order valence-electron chi connectivity index (χ0n) is 9.75. The summed E-state index contributed by atoms with van der Waals surface area (Å²) in [5.41, 5.74) is 1.52. The standard InChI is InChI=1S/C11H14O3SSe/c1-5-14-10(13)9-6(2)8(7(3)12)11(15-4)16-9/h5H2,1-4H3. The number of thioether (sulfide) groups is 1. The maximum atomic E-state index is 11.7. The third-order valence-corrected chi connectivity index (χ3v) is 6.41. The Morgan fingerprint density at radius 3 is 2.44 bits per heavy atom. The molecule has 0 aliphatic rings. The van der Waals surface area contributed by atoms with Crippen LogP contribution in [0.1, 0.15) is 39.0 Å². The summed E-state index contributed by atoms with van der Waals surface area (Å²) in [7, 11) is 0. The first kappa shape index (κ1) is 13.6. The maximum absolute atomic E-state index is 11.7. The van der Waals surface area contributed by atoms with E-state index in [1.807, 2.05) is 13.2 Å². The topological polar surface area (TPSA) is 43.4 Å². The van der Waals surface area contributed by atoms with E-state index in [4.69, 9.17) is 4.74 Å². The number of Topliss-reactive ketones (excluding diaryl/α,β-unsaturated/α-hetero) is 1. The van der Waals surface area contributed by atoms with Gasteiger partial charge in [0.25, 0.3) is 0 Å². The molecule has 0 amide bonds. The quantitative estimate of drug-likeness (QED) is 0.370. The molecule has 0 aliphatic carbocycles. The Balaban J connectivity index is 3.23. The molecule has 1 aromatic heterocycles. The number of hydrogen-bond donors (Lipinski definition) is 0. The number of hydrogen-bond acceptors (Lipinski definition) is 4. The molecular weight excluding hydrogens is 291 g/mol. The molecule has 0 aliphatic heterocycles. The van der Waals surface area contributed by atoms with Crippen molar-refractivity contribution in [2.75, 3.05) is 12.9 Å². The van der Waals surface area contributed by atoms with Crippen LogP contribution in [0.5, 0.6) is 0 Å². The molecular formula is C11H14O3SSe. The van der Waals surface area contributed by atoms with E-state index in [2.05, 4.69) is 0 Å². The number of carbonyl (C=O) groups excluding carboxylic acids is 2. The van der Waals surface area contributed by atoms with Gasteiger partial charge in [0.15, 0.2) is 0 Å². The van der Waals surface area contributed by atoms with Gasteiger partial charge in [-0.2, -0.15) is 0 Å². The molecule has 0 bridgehead atoms. The van der Waals surface area contributed by atoms with Crippen molar-refractivity contribution in [2.24, 2.45) is 0 Å². The fraction of sp³-hybridized carbons (Fsp3) is 0.455. The third-order valence-electron chi connectivity index (χ3n) is 2.11. The van der Waals surface area contributed by atoms with Crippen molar-refractivity contribution in [3.05, 3.63) is 15.6 Å². The van der Waals surface area contributed by atoms with Gasteiger partial charge >= 0.3 is 105 Å².